The fourth-order valence-corrected chi connectivity index (χ4v) is 4.30. The summed E-state index contributed by atoms with van der Waals surface area (Å²) in [7, 11) is 0. The molecule has 3 aromatic rings. The minimum Gasteiger partial charge on any atom is -0.550 e. The van der Waals surface area contributed by atoms with Crippen LogP contribution in [0.5, 0.6) is 0 Å². The number of carbonyl (C=O) groups excluding carboxylic acids is 2. The van der Waals surface area contributed by atoms with Crippen molar-refractivity contribution < 1.29 is 57.7 Å². The Morgan fingerprint density at radius 3 is 2.50 bits per heavy atom. The summed E-state index contributed by atoms with van der Waals surface area (Å²) in [5.74, 6) is -1.16. The van der Waals surface area contributed by atoms with E-state index in [0.717, 1.165) is 24.5 Å². The van der Waals surface area contributed by atoms with Crippen molar-refractivity contribution in [2.24, 2.45) is 0 Å². The van der Waals surface area contributed by atoms with E-state index in [1.807, 2.05) is 26.8 Å². The number of hydrogen-bond donors (Lipinski definition) is 0. The smallest absolute Gasteiger partial charge is 0.550 e. The summed E-state index contributed by atoms with van der Waals surface area (Å²) in [5.41, 5.74) is 1.90. The number of carboxylic acids is 1. The second kappa shape index (κ2) is 11.6. The fraction of sp³-hybridized carbons (Fsp3) is 0.462. The first-order valence-electron chi connectivity index (χ1n) is 11.7. The maximum atomic E-state index is 14.2. The second-order valence-electron chi connectivity index (χ2n) is 10.2. The van der Waals surface area contributed by atoms with E-state index in [2.05, 4.69) is 10.3 Å². The molecule has 10 heteroatoms. The monoisotopic (exact) mass is 524 g/mol. The van der Waals surface area contributed by atoms with E-state index in [1.54, 1.807) is 0 Å². The number of aliphatic carboxylic acids is 1. The van der Waals surface area contributed by atoms with E-state index in [9.17, 15) is 19.1 Å². The average Bonchev–Trinajstić information content (AvgIpc) is 3.30. The summed E-state index contributed by atoms with van der Waals surface area (Å²) in [6.45, 7) is 6.03. The van der Waals surface area contributed by atoms with Gasteiger partial charge < -0.3 is 18.9 Å². The molecule has 1 atom stereocenters. The SMILES string of the molecule is CC(C)(C)c1cc(-c2onc([C@@H](CCC(=O)[O-])CC(=O)Cc3ccc(Cl)cc3F)c2C2CC2)no1.[Na+]. The second-order valence-corrected chi connectivity index (χ2v) is 10.6. The van der Waals surface area contributed by atoms with Crippen LogP contribution in [0.3, 0.4) is 0 Å². The first-order chi connectivity index (χ1) is 16.5. The van der Waals surface area contributed by atoms with Crippen LogP contribution in [0.2, 0.25) is 5.02 Å². The zero-order chi connectivity index (χ0) is 25.3. The van der Waals surface area contributed by atoms with Gasteiger partial charge >= 0.3 is 29.6 Å². The van der Waals surface area contributed by atoms with Crippen LogP contribution in [0.25, 0.3) is 11.5 Å². The first kappa shape index (κ1) is 28.6. The molecule has 1 aromatic carbocycles. The minimum absolute atomic E-state index is 0. The number of halogens is 2. The Labute approximate surface area is 236 Å². The Morgan fingerprint density at radius 1 is 1.19 bits per heavy atom. The van der Waals surface area contributed by atoms with Gasteiger partial charge in [-0.15, -0.1) is 0 Å². The molecule has 36 heavy (non-hydrogen) atoms. The molecular formula is C26H27ClFN2NaO5. The number of nitrogens with zero attached hydrogens (tertiary/aromatic N) is 2. The molecule has 0 spiro atoms. The van der Waals surface area contributed by atoms with Crippen molar-refractivity contribution in [3.63, 3.8) is 0 Å². The van der Waals surface area contributed by atoms with E-state index < -0.39 is 17.7 Å². The van der Waals surface area contributed by atoms with Gasteiger partial charge in [0, 0.05) is 46.8 Å². The third-order valence-electron chi connectivity index (χ3n) is 6.18. The maximum absolute atomic E-state index is 14.2. The molecule has 1 saturated carbocycles. The predicted octanol–water partition coefficient (Wildman–Crippen LogP) is 2.12. The van der Waals surface area contributed by atoms with Crippen LogP contribution in [-0.4, -0.2) is 22.1 Å². The van der Waals surface area contributed by atoms with Crippen molar-refractivity contribution in [3.8, 4) is 11.5 Å². The van der Waals surface area contributed by atoms with Crippen LogP contribution in [0, 0.1) is 5.82 Å². The molecule has 1 aliphatic carbocycles. The number of carbonyl (C=O) groups is 2. The van der Waals surface area contributed by atoms with Gasteiger partial charge in [0.15, 0.2) is 11.5 Å². The Hall–Kier alpha value is -2.00. The summed E-state index contributed by atoms with van der Waals surface area (Å²) >= 11 is 5.80. The molecule has 0 N–H and O–H groups in total. The molecular weight excluding hydrogens is 498 g/mol. The normalized spacial score (nSPS) is 14.4. The van der Waals surface area contributed by atoms with Crippen molar-refractivity contribution in [3.05, 3.63) is 57.7 Å². The Kier molecular flexibility index (Phi) is 9.20. The molecule has 0 bridgehead atoms. The van der Waals surface area contributed by atoms with E-state index in [4.69, 9.17) is 20.6 Å². The predicted molar refractivity (Wildman–Crippen MR) is 124 cm³/mol. The van der Waals surface area contributed by atoms with Gasteiger partial charge in [-0.25, -0.2) is 4.39 Å². The quantitative estimate of drug-likeness (QED) is 0.374. The summed E-state index contributed by atoms with van der Waals surface area (Å²) in [4.78, 5) is 24.1. The zero-order valence-corrected chi connectivity index (χ0v) is 23.7. The van der Waals surface area contributed by atoms with E-state index in [-0.39, 0.29) is 82.9 Å². The fourth-order valence-electron chi connectivity index (χ4n) is 4.14. The zero-order valence-electron chi connectivity index (χ0n) is 20.9. The van der Waals surface area contributed by atoms with Crippen molar-refractivity contribution in [1.29, 1.82) is 0 Å². The van der Waals surface area contributed by atoms with Crippen molar-refractivity contribution >= 4 is 23.4 Å². The number of carboxylic acid groups (broad SMARTS) is 1. The summed E-state index contributed by atoms with van der Waals surface area (Å²) in [5, 5.41) is 19.9. The van der Waals surface area contributed by atoms with Gasteiger partial charge in [0.05, 0.1) is 5.69 Å². The number of aromatic nitrogens is 2. The minimum atomic E-state index is -1.21. The summed E-state index contributed by atoms with van der Waals surface area (Å²) in [6, 6.07) is 5.99. The summed E-state index contributed by atoms with van der Waals surface area (Å²) < 4.78 is 25.4. The van der Waals surface area contributed by atoms with Crippen LogP contribution in [0.15, 0.2) is 33.3 Å². The Balaban J connectivity index is 0.00000361. The number of rotatable bonds is 10. The molecule has 0 radical (unpaired) electrons. The molecule has 1 aliphatic rings. The topological polar surface area (TPSA) is 109 Å². The third kappa shape index (κ3) is 6.85. The molecule has 1 fully saturated rings. The van der Waals surface area contributed by atoms with Crippen LogP contribution in [0.4, 0.5) is 4.39 Å². The number of benzene rings is 1. The summed E-state index contributed by atoms with van der Waals surface area (Å²) in [6.07, 6.45) is 1.64. The first-order valence-corrected chi connectivity index (χ1v) is 12.0. The van der Waals surface area contributed by atoms with Gasteiger partial charge in [-0.1, -0.05) is 48.8 Å². The Bertz CT molecular complexity index is 1250. The number of Topliss-reactive ketones (excluding diaryl/α,β-unsaturated/α-hetero) is 1. The van der Waals surface area contributed by atoms with Crippen LogP contribution in [0.1, 0.15) is 87.3 Å². The molecule has 4 rings (SSSR count). The maximum Gasteiger partial charge on any atom is 1.00 e. The molecule has 0 saturated heterocycles. The number of hydrogen-bond acceptors (Lipinski definition) is 7. The van der Waals surface area contributed by atoms with Crippen molar-refractivity contribution in [1.82, 2.24) is 10.3 Å². The molecule has 2 aromatic heterocycles. The van der Waals surface area contributed by atoms with Crippen LogP contribution >= 0.6 is 11.6 Å². The van der Waals surface area contributed by atoms with Crippen molar-refractivity contribution in [2.75, 3.05) is 0 Å². The molecule has 7 nitrogen and oxygen atoms in total. The molecule has 0 aliphatic heterocycles. The van der Waals surface area contributed by atoms with Gasteiger partial charge in [0.2, 0.25) is 0 Å². The van der Waals surface area contributed by atoms with Gasteiger partial charge in [-0.3, -0.25) is 4.79 Å². The van der Waals surface area contributed by atoms with Gasteiger partial charge in [-0.2, -0.15) is 0 Å². The largest absolute Gasteiger partial charge is 1.00 e. The van der Waals surface area contributed by atoms with Crippen molar-refractivity contribution in [2.45, 2.75) is 76.5 Å². The number of ketones is 1. The molecule has 0 unspecified atom stereocenters. The molecule has 0 amide bonds. The molecule has 2 heterocycles. The van der Waals surface area contributed by atoms with Crippen LogP contribution < -0.4 is 34.7 Å². The van der Waals surface area contributed by atoms with Crippen LogP contribution in [-0.2, 0) is 21.4 Å². The van der Waals surface area contributed by atoms with E-state index >= 15 is 0 Å². The van der Waals surface area contributed by atoms with E-state index in [1.165, 1.54) is 12.1 Å². The third-order valence-corrected chi connectivity index (χ3v) is 6.42. The van der Waals surface area contributed by atoms with Gasteiger partial charge in [0.25, 0.3) is 0 Å². The Morgan fingerprint density at radius 2 is 1.92 bits per heavy atom. The van der Waals surface area contributed by atoms with E-state index in [0.29, 0.717) is 22.9 Å². The van der Waals surface area contributed by atoms with Gasteiger partial charge in [-0.05, 0) is 49.3 Å². The van der Waals surface area contributed by atoms with Gasteiger partial charge in [0.1, 0.15) is 17.4 Å². The average molecular weight is 525 g/mol. The molecule has 186 valence electrons. The standard InChI is InChI=1S/C26H28ClFN2O5.Na/c1-26(2,3)21-13-20(29-34-21)25-23(14-4-5-14)24(30-35-25)16(7-9-22(32)33)11-18(31)10-15-6-8-17(27)12-19(15)28;/h6,8,12-14,16H,4-5,7,9-11H2,1-3H3,(H,32,33);/q;+1/p-1/t16-;/m0./s1.